The predicted molar refractivity (Wildman–Crippen MR) is 61.8 cm³/mol. The van der Waals surface area contributed by atoms with E-state index >= 15 is 0 Å². The molecule has 2 aromatic rings. The second kappa shape index (κ2) is 4.12. The summed E-state index contributed by atoms with van der Waals surface area (Å²) in [5.74, 6) is 0.926. The molecule has 0 aliphatic carbocycles. The van der Waals surface area contributed by atoms with Crippen LogP contribution in [0.1, 0.15) is 18.7 Å². The van der Waals surface area contributed by atoms with Gasteiger partial charge in [0.2, 0.25) is 0 Å². The Bertz CT molecular complexity index is 446. The number of nitrogens with one attached hydrogen (secondary N) is 1. The molecular formula is C10H14N4S. The average molecular weight is 222 g/mol. The molecule has 0 spiro atoms. The van der Waals surface area contributed by atoms with Crippen molar-refractivity contribution in [2.24, 2.45) is 7.05 Å². The molecule has 0 amide bonds. The van der Waals surface area contributed by atoms with Gasteiger partial charge in [0, 0.05) is 30.9 Å². The quantitative estimate of drug-likeness (QED) is 0.861. The average Bonchev–Trinajstić information content (AvgIpc) is 2.84. The lowest BCUT2D eigenvalue weighted by Crippen LogP contribution is -2.12. The van der Waals surface area contributed by atoms with Crippen LogP contribution >= 0.6 is 11.3 Å². The third-order valence-electron chi connectivity index (χ3n) is 2.41. The molecule has 1 unspecified atom stereocenters. The van der Waals surface area contributed by atoms with Crippen LogP contribution in [0.4, 0.5) is 0 Å². The van der Waals surface area contributed by atoms with Crippen molar-refractivity contribution in [2.75, 3.05) is 7.05 Å². The van der Waals surface area contributed by atoms with Crippen molar-refractivity contribution in [3.8, 4) is 10.8 Å². The van der Waals surface area contributed by atoms with Crippen LogP contribution in [0, 0.1) is 0 Å². The van der Waals surface area contributed by atoms with Crippen LogP contribution < -0.4 is 5.32 Å². The van der Waals surface area contributed by atoms with Crippen molar-refractivity contribution in [3.05, 3.63) is 23.5 Å². The molecule has 0 bridgehead atoms. The van der Waals surface area contributed by atoms with Gasteiger partial charge in [-0.25, -0.2) is 9.97 Å². The van der Waals surface area contributed by atoms with Crippen molar-refractivity contribution >= 4 is 11.3 Å². The first-order chi connectivity index (χ1) is 7.22. The lowest BCUT2D eigenvalue weighted by atomic mass is 10.3. The van der Waals surface area contributed by atoms with Crippen molar-refractivity contribution in [2.45, 2.75) is 13.0 Å². The van der Waals surface area contributed by atoms with E-state index in [1.807, 2.05) is 24.9 Å². The number of nitrogens with zero attached hydrogens (tertiary/aromatic N) is 3. The zero-order valence-electron chi connectivity index (χ0n) is 9.06. The minimum Gasteiger partial charge on any atom is -0.332 e. The molecule has 0 radical (unpaired) electrons. The molecule has 4 nitrogen and oxygen atoms in total. The summed E-state index contributed by atoms with van der Waals surface area (Å²) in [6, 6.07) is 0.287. The van der Waals surface area contributed by atoms with Gasteiger partial charge in [-0.3, -0.25) is 0 Å². The SMILES string of the molecule is CNC(C)c1csc(-c2nccn2C)n1. The van der Waals surface area contributed by atoms with Gasteiger partial charge in [0.15, 0.2) is 10.8 Å². The van der Waals surface area contributed by atoms with E-state index in [1.165, 1.54) is 0 Å². The van der Waals surface area contributed by atoms with Crippen molar-refractivity contribution in [3.63, 3.8) is 0 Å². The molecule has 80 valence electrons. The largest absolute Gasteiger partial charge is 0.332 e. The Balaban J connectivity index is 2.32. The third-order valence-corrected chi connectivity index (χ3v) is 3.27. The van der Waals surface area contributed by atoms with Gasteiger partial charge in [-0.15, -0.1) is 11.3 Å². The Kier molecular flexibility index (Phi) is 2.83. The monoisotopic (exact) mass is 222 g/mol. The van der Waals surface area contributed by atoms with Crippen molar-refractivity contribution in [1.82, 2.24) is 19.9 Å². The van der Waals surface area contributed by atoms with Crippen LogP contribution in [-0.2, 0) is 7.05 Å². The summed E-state index contributed by atoms with van der Waals surface area (Å²) in [6.07, 6.45) is 3.72. The third kappa shape index (κ3) is 1.93. The Morgan fingerprint density at radius 2 is 2.33 bits per heavy atom. The summed E-state index contributed by atoms with van der Waals surface area (Å²) < 4.78 is 1.98. The van der Waals surface area contributed by atoms with Gasteiger partial charge in [-0.2, -0.15) is 0 Å². The summed E-state index contributed by atoms with van der Waals surface area (Å²) in [4.78, 5) is 8.83. The van der Waals surface area contributed by atoms with Gasteiger partial charge in [-0.1, -0.05) is 0 Å². The standard InChI is InChI=1S/C10H14N4S/c1-7(11-2)8-6-15-10(13-8)9-12-4-5-14(9)3/h4-7,11H,1-3H3. The topological polar surface area (TPSA) is 42.7 Å². The van der Waals surface area contributed by atoms with E-state index in [0.29, 0.717) is 0 Å². The molecule has 0 aliphatic heterocycles. The normalized spacial score (nSPS) is 13.0. The van der Waals surface area contributed by atoms with E-state index < -0.39 is 0 Å². The Morgan fingerprint density at radius 1 is 1.53 bits per heavy atom. The molecule has 1 atom stereocenters. The molecule has 2 aromatic heterocycles. The fraction of sp³-hybridized carbons (Fsp3) is 0.400. The molecule has 0 aromatic carbocycles. The zero-order chi connectivity index (χ0) is 10.8. The fourth-order valence-electron chi connectivity index (χ4n) is 1.31. The number of imidazole rings is 1. The van der Waals surface area contributed by atoms with E-state index in [2.05, 4.69) is 27.6 Å². The summed E-state index contributed by atoms with van der Waals surface area (Å²) >= 11 is 1.63. The summed E-state index contributed by atoms with van der Waals surface area (Å²) in [7, 11) is 3.91. The van der Waals surface area contributed by atoms with E-state index in [4.69, 9.17) is 0 Å². The minimum atomic E-state index is 0.287. The van der Waals surface area contributed by atoms with Crippen LogP contribution in [0.2, 0.25) is 0 Å². The predicted octanol–water partition coefficient (Wildman–Crippen LogP) is 1.82. The first-order valence-corrected chi connectivity index (χ1v) is 5.70. The number of rotatable bonds is 3. The highest BCUT2D eigenvalue weighted by molar-refractivity contribution is 7.13. The summed E-state index contributed by atoms with van der Waals surface area (Å²) in [5.41, 5.74) is 1.07. The lowest BCUT2D eigenvalue weighted by molar-refractivity contribution is 0.637. The molecule has 0 fully saturated rings. The summed E-state index contributed by atoms with van der Waals surface area (Å²) in [5, 5.41) is 6.22. The number of hydrogen-bond donors (Lipinski definition) is 1. The van der Waals surface area contributed by atoms with Crippen molar-refractivity contribution < 1.29 is 0 Å². The zero-order valence-corrected chi connectivity index (χ0v) is 9.88. The first-order valence-electron chi connectivity index (χ1n) is 4.82. The van der Waals surface area contributed by atoms with Gasteiger partial charge < -0.3 is 9.88 Å². The highest BCUT2D eigenvalue weighted by Crippen LogP contribution is 2.24. The minimum absolute atomic E-state index is 0.287. The Labute approximate surface area is 93.0 Å². The van der Waals surface area contributed by atoms with Crippen molar-refractivity contribution in [1.29, 1.82) is 0 Å². The van der Waals surface area contributed by atoms with Crippen LogP contribution in [-0.4, -0.2) is 21.6 Å². The maximum Gasteiger partial charge on any atom is 0.168 e. The fourth-order valence-corrected chi connectivity index (χ4v) is 2.26. The van der Waals surface area contributed by atoms with Crippen LogP contribution in [0.3, 0.4) is 0 Å². The van der Waals surface area contributed by atoms with Crippen LogP contribution in [0.5, 0.6) is 0 Å². The number of aromatic nitrogens is 3. The maximum atomic E-state index is 4.56. The Morgan fingerprint density at radius 3 is 2.93 bits per heavy atom. The van der Waals surface area contributed by atoms with E-state index in [-0.39, 0.29) is 6.04 Å². The first kappa shape index (κ1) is 10.3. The molecule has 0 saturated heterocycles. The van der Waals surface area contributed by atoms with Gasteiger partial charge in [-0.05, 0) is 14.0 Å². The van der Waals surface area contributed by atoms with Gasteiger partial charge in [0.25, 0.3) is 0 Å². The highest BCUT2D eigenvalue weighted by atomic mass is 32.1. The molecule has 0 saturated carbocycles. The lowest BCUT2D eigenvalue weighted by Gasteiger charge is -2.04. The number of hydrogen-bond acceptors (Lipinski definition) is 4. The molecular weight excluding hydrogens is 208 g/mol. The highest BCUT2D eigenvalue weighted by Gasteiger charge is 2.11. The van der Waals surface area contributed by atoms with Crippen LogP contribution in [0.15, 0.2) is 17.8 Å². The summed E-state index contributed by atoms with van der Waals surface area (Å²) in [6.45, 7) is 2.09. The van der Waals surface area contributed by atoms with E-state index in [1.54, 1.807) is 17.5 Å². The second-order valence-corrected chi connectivity index (χ2v) is 4.31. The molecule has 2 rings (SSSR count). The second-order valence-electron chi connectivity index (χ2n) is 3.45. The van der Waals surface area contributed by atoms with Gasteiger partial charge in [0.05, 0.1) is 5.69 Å². The van der Waals surface area contributed by atoms with Gasteiger partial charge in [0.1, 0.15) is 0 Å². The Hall–Kier alpha value is -1.20. The van der Waals surface area contributed by atoms with Crippen LogP contribution in [0.25, 0.3) is 10.8 Å². The molecule has 1 N–H and O–H groups in total. The van der Waals surface area contributed by atoms with Gasteiger partial charge >= 0.3 is 0 Å². The number of aryl methyl sites for hydroxylation is 1. The smallest absolute Gasteiger partial charge is 0.168 e. The molecule has 2 heterocycles. The number of thiazole rings is 1. The van der Waals surface area contributed by atoms with E-state index in [9.17, 15) is 0 Å². The molecule has 15 heavy (non-hydrogen) atoms. The molecule has 5 heteroatoms. The molecule has 0 aliphatic rings. The maximum absolute atomic E-state index is 4.56. The van der Waals surface area contributed by atoms with E-state index in [0.717, 1.165) is 16.5 Å².